The highest BCUT2D eigenvalue weighted by molar-refractivity contribution is 7.13. The third-order valence-corrected chi connectivity index (χ3v) is 5.79. The number of nitrogens with one attached hydrogen (secondary N) is 2. The molecule has 1 aromatic carbocycles. The summed E-state index contributed by atoms with van der Waals surface area (Å²) < 4.78 is 0. The van der Waals surface area contributed by atoms with Crippen LogP contribution in [0.2, 0.25) is 0 Å². The number of aromatic nitrogens is 1. The molecule has 0 atom stereocenters. The molecule has 0 radical (unpaired) electrons. The fourth-order valence-electron chi connectivity index (χ4n) is 3.68. The van der Waals surface area contributed by atoms with Crippen molar-refractivity contribution >= 4 is 34.1 Å². The van der Waals surface area contributed by atoms with Crippen LogP contribution in [0.4, 0.5) is 15.6 Å². The van der Waals surface area contributed by atoms with Crippen molar-refractivity contribution in [3.63, 3.8) is 0 Å². The van der Waals surface area contributed by atoms with Crippen molar-refractivity contribution in [1.29, 1.82) is 0 Å². The first-order valence-corrected chi connectivity index (χ1v) is 9.97. The van der Waals surface area contributed by atoms with E-state index in [0.717, 1.165) is 31.5 Å². The van der Waals surface area contributed by atoms with Crippen LogP contribution >= 0.6 is 11.3 Å². The quantitative estimate of drug-likeness (QED) is 0.867. The smallest absolute Gasteiger partial charge is 0.321 e. The number of amides is 3. The maximum Gasteiger partial charge on any atom is 0.321 e. The molecule has 0 bridgehead atoms. The molecule has 7 heteroatoms. The summed E-state index contributed by atoms with van der Waals surface area (Å²) >= 11 is 1.35. The van der Waals surface area contributed by atoms with Crippen LogP contribution in [0.5, 0.6) is 0 Å². The van der Waals surface area contributed by atoms with Crippen LogP contribution in [0, 0.1) is 0 Å². The van der Waals surface area contributed by atoms with Gasteiger partial charge in [-0.3, -0.25) is 10.1 Å². The van der Waals surface area contributed by atoms with Gasteiger partial charge in [-0.15, -0.1) is 11.3 Å². The molecule has 0 spiro atoms. The highest BCUT2D eigenvalue weighted by Gasteiger charge is 2.25. The maximum atomic E-state index is 12.6. The van der Waals surface area contributed by atoms with E-state index in [4.69, 9.17) is 0 Å². The molecule has 0 saturated heterocycles. The lowest BCUT2D eigenvalue weighted by Crippen LogP contribution is -2.36. The summed E-state index contributed by atoms with van der Waals surface area (Å²) in [5.74, 6) is 0.0437. The number of nitrogens with zero attached hydrogens (tertiary/aromatic N) is 2. The Morgan fingerprint density at radius 3 is 2.88 bits per heavy atom. The Hall–Kier alpha value is -2.41. The normalized spacial score (nSPS) is 16.5. The molecular formula is C19H22N4O2S. The number of anilines is 2. The van der Waals surface area contributed by atoms with E-state index in [0.29, 0.717) is 10.8 Å². The van der Waals surface area contributed by atoms with Gasteiger partial charge in [0.2, 0.25) is 5.91 Å². The highest BCUT2D eigenvalue weighted by Crippen LogP contribution is 2.28. The Morgan fingerprint density at radius 2 is 2.04 bits per heavy atom. The fourth-order valence-corrected chi connectivity index (χ4v) is 4.39. The molecular weight excluding hydrogens is 348 g/mol. The van der Waals surface area contributed by atoms with Crippen LogP contribution in [0.15, 0.2) is 29.6 Å². The SMILES string of the molecule is O=C(Nc1nc(CC(=O)N2CCc3ccccc32)cs1)NC1CCCC1. The average Bonchev–Trinajstić information content (AvgIpc) is 3.35. The van der Waals surface area contributed by atoms with E-state index in [1.54, 1.807) is 0 Å². The summed E-state index contributed by atoms with van der Waals surface area (Å²) in [6.07, 6.45) is 5.58. The Bertz CT molecular complexity index is 813. The number of hydrogen-bond donors (Lipinski definition) is 2. The van der Waals surface area contributed by atoms with E-state index in [1.165, 1.54) is 29.7 Å². The predicted molar refractivity (Wildman–Crippen MR) is 103 cm³/mol. The number of para-hydroxylation sites is 1. The topological polar surface area (TPSA) is 74.3 Å². The zero-order valence-corrected chi connectivity index (χ0v) is 15.3. The summed E-state index contributed by atoms with van der Waals surface area (Å²) in [6, 6.07) is 8.07. The first kappa shape index (κ1) is 17.0. The van der Waals surface area contributed by atoms with Crippen LogP contribution in [-0.2, 0) is 17.6 Å². The van der Waals surface area contributed by atoms with Gasteiger partial charge in [-0.25, -0.2) is 9.78 Å². The van der Waals surface area contributed by atoms with Crippen molar-refractivity contribution in [1.82, 2.24) is 10.3 Å². The number of thiazole rings is 1. The first-order valence-electron chi connectivity index (χ1n) is 9.09. The van der Waals surface area contributed by atoms with E-state index in [2.05, 4.69) is 21.7 Å². The molecule has 1 aliphatic carbocycles. The maximum absolute atomic E-state index is 12.6. The molecule has 26 heavy (non-hydrogen) atoms. The van der Waals surface area contributed by atoms with Gasteiger partial charge in [0.15, 0.2) is 5.13 Å². The lowest BCUT2D eigenvalue weighted by molar-refractivity contribution is -0.117. The lowest BCUT2D eigenvalue weighted by atomic mass is 10.2. The molecule has 2 heterocycles. The molecule has 0 unspecified atom stereocenters. The second-order valence-electron chi connectivity index (χ2n) is 6.82. The number of carbonyl (C=O) groups excluding carboxylic acids is 2. The third-order valence-electron chi connectivity index (χ3n) is 4.98. The second-order valence-corrected chi connectivity index (χ2v) is 7.68. The second kappa shape index (κ2) is 7.45. The van der Waals surface area contributed by atoms with Gasteiger partial charge in [0, 0.05) is 23.7 Å². The first-order chi connectivity index (χ1) is 12.7. The van der Waals surface area contributed by atoms with Gasteiger partial charge in [-0.05, 0) is 30.9 Å². The molecule has 1 saturated carbocycles. The summed E-state index contributed by atoms with van der Waals surface area (Å²) in [5, 5.41) is 8.13. The van der Waals surface area contributed by atoms with Crippen LogP contribution < -0.4 is 15.5 Å². The van der Waals surface area contributed by atoms with Gasteiger partial charge in [0.25, 0.3) is 0 Å². The van der Waals surface area contributed by atoms with E-state index in [9.17, 15) is 9.59 Å². The predicted octanol–water partition coefficient (Wildman–Crippen LogP) is 3.34. The van der Waals surface area contributed by atoms with E-state index < -0.39 is 0 Å². The van der Waals surface area contributed by atoms with Crippen molar-refractivity contribution in [2.24, 2.45) is 0 Å². The molecule has 1 fully saturated rings. The van der Waals surface area contributed by atoms with Gasteiger partial charge < -0.3 is 10.2 Å². The molecule has 4 rings (SSSR count). The fraction of sp³-hybridized carbons (Fsp3) is 0.421. The van der Waals surface area contributed by atoms with Crippen LogP contribution in [0.25, 0.3) is 0 Å². The van der Waals surface area contributed by atoms with Crippen molar-refractivity contribution in [2.45, 2.75) is 44.6 Å². The van der Waals surface area contributed by atoms with E-state index in [-0.39, 0.29) is 24.4 Å². The van der Waals surface area contributed by atoms with E-state index >= 15 is 0 Å². The standard InChI is InChI=1S/C19H22N4O2S/c24-17(23-10-9-13-5-1-4-8-16(13)23)11-15-12-26-19(21-15)22-18(25)20-14-6-2-3-7-14/h1,4-5,8,12,14H,2-3,6-7,9-11H2,(H2,20,21,22,25). The molecule has 1 aliphatic heterocycles. The van der Waals surface area contributed by atoms with Gasteiger partial charge in [0.1, 0.15) is 0 Å². The van der Waals surface area contributed by atoms with Gasteiger partial charge in [-0.1, -0.05) is 31.0 Å². The number of hydrogen-bond acceptors (Lipinski definition) is 4. The monoisotopic (exact) mass is 370 g/mol. The Balaban J connectivity index is 1.33. The molecule has 6 nitrogen and oxygen atoms in total. The largest absolute Gasteiger partial charge is 0.335 e. The van der Waals surface area contributed by atoms with Gasteiger partial charge in [-0.2, -0.15) is 0 Å². The van der Waals surface area contributed by atoms with Crippen LogP contribution in [0.1, 0.15) is 36.9 Å². The Kier molecular flexibility index (Phi) is 4.88. The van der Waals surface area contributed by atoms with Crippen molar-refractivity contribution < 1.29 is 9.59 Å². The third kappa shape index (κ3) is 3.72. The number of fused-ring (bicyclic) bond motifs is 1. The zero-order valence-electron chi connectivity index (χ0n) is 14.5. The number of urea groups is 1. The Morgan fingerprint density at radius 1 is 1.23 bits per heavy atom. The van der Waals surface area contributed by atoms with Gasteiger partial charge >= 0.3 is 6.03 Å². The van der Waals surface area contributed by atoms with Crippen LogP contribution in [0.3, 0.4) is 0 Å². The zero-order chi connectivity index (χ0) is 17.9. The minimum absolute atomic E-state index is 0.0437. The molecule has 2 aliphatic rings. The van der Waals surface area contributed by atoms with Gasteiger partial charge in [0.05, 0.1) is 12.1 Å². The Labute approximate surface area is 156 Å². The molecule has 1 aromatic heterocycles. The molecule has 2 N–H and O–H groups in total. The summed E-state index contributed by atoms with van der Waals surface area (Å²) in [6.45, 7) is 0.719. The van der Waals surface area contributed by atoms with Crippen molar-refractivity contribution in [3.8, 4) is 0 Å². The molecule has 3 amide bonds. The van der Waals surface area contributed by atoms with E-state index in [1.807, 2.05) is 28.5 Å². The summed E-state index contributed by atoms with van der Waals surface area (Å²) in [5.41, 5.74) is 2.91. The summed E-state index contributed by atoms with van der Waals surface area (Å²) in [4.78, 5) is 30.9. The van der Waals surface area contributed by atoms with Crippen LogP contribution in [-0.4, -0.2) is 29.5 Å². The minimum Gasteiger partial charge on any atom is -0.335 e. The number of rotatable bonds is 4. The number of carbonyl (C=O) groups is 2. The average molecular weight is 370 g/mol. The van der Waals surface area contributed by atoms with Crippen molar-refractivity contribution in [3.05, 3.63) is 40.9 Å². The summed E-state index contributed by atoms with van der Waals surface area (Å²) in [7, 11) is 0. The lowest BCUT2D eigenvalue weighted by Gasteiger charge is -2.16. The minimum atomic E-state index is -0.211. The molecule has 136 valence electrons. The number of benzene rings is 1. The highest BCUT2D eigenvalue weighted by atomic mass is 32.1. The molecule has 2 aromatic rings. The van der Waals surface area contributed by atoms with Crippen molar-refractivity contribution in [2.75, 3.05) is 16.8 Å².